The van der Waals surface area contributed by atoms with Crippen molar-refractivity contribution in [1.29, 1.82) is 0 Å². The molecule has 6 nitrogen and oxygen atoms in total. The van der Waals surface area contributed by atoms with E-state index in [9.17, 15) is 0 Å². The van der Waals surface area contributed by atoms with Crippen molar-refractivity contribution in [2.45, 2.75) is 18.8 Å². The first kappa shape index (κ1) is 17.4. The molecule has 0 spiro atoms. The molecule has 3 rings (SSSR count). The van der Waals surface area contributed by atoms with Gasteiger partial charge in [-0.2, -0.15) is 9.61 Å². The SMILES string of the molecule is [B]c1cnn2c(NC/C(C=NC)=C/C=C)cc(C3CCCNC3)nc12. The predicted molar refractivity (Wildman–Crippen MR) is 104 cm³/mol. The van der Waals surface area contributed by atoms with Crippen LogP contribution < -0.4 is 16.1 Å². The Labute approximate surface area is 149 Å². The monoisotopic (exact) mass is 334 g/mol. The number of aliphatic imine (C=N–C) groups is 1. The van der Waals surface area contributed by atoms with Gasteiger partial charge in [0.25, 0.3) is 0 Å². The Bertz CT molecular complexity index is 801. The molecule has 0 aliphatic carbocycles. The zero-order valence-corrected chi connectivity index (χ0v) is 14.6. The molecule has 1 fully saturated rings. The van der Waals surface area contributed by atoms with Gasteiger partial charge in [0.05, 0.1) is 5.69 Å². The highest BCUT2D eigenvalue weighted by Crippen LogP contribution is 2.24. The third-order valence-corrected chi connectivity index (χ3v) is 4.33. The van der Waals surface area contributed by atoms with Crippen LogP contribution in [0.5, 0.6) is 0 Å². The molecule has 0 bridgehead atoms. The van der Waals surface area contributed by atoms with Crippen LogP contribution in [0.25, 0.3) is 5.65 Å². The van der Waals surface area contributed by atoms with Crippen LogP contribution in [0.2, 0.25) is 0 Å². The van der Waals surface area contributed by atoms with Crippen molar-refractivity contribution in [3.63, 3.8) is 0 Å². The van der Waals surface area contributed by atoms with E-state index in [1.54, 1.807) is 23.8 Å². The second-order valence-electron chi connectivity index (χ2n) is 6.16. The highest BCUT2D eigenvalue weighted by molar-refractivity contribution is 6.36. The van der Waals surface area contributed by atoms with E-state index in [2.05, 4.69) is 33.4 Å². The lowest BCUT2D eigenvalue weighted by molar-refractivity contribution is 0.455. The Balaban J connectivity index is 1.92. The number of hydrogen-bond donors (Lipinski definition) is 2. The third kappa shape index (κ3) is 3.99. The molecular formula is C18H23BN6. The van der Waals surface area contributed by atoms with Gasteiger partial charge in [0.1, 0.15) is 13.7 Å². The fraction of sp³-hybridized carbons (Fsp3) is 0.389. The van der Waals surface area contributed by atoms with E-state index in [-0.39, 0.29) is 0 Å². The van der Waals surface area contributed by atoms with Crippen molar-refractivity contribution in [2.75, 3.05) is 32.0 Å². The second kappa shape index (κ2) is 8.12. The number of nitrogens with one attached hydrogen (secondary N) is 2. The molecule has 1 atom stereocenters. The fourth-order valence-corrected chi connectivity index (χ4v) is 3.10. The normalized spacial score (nSPS) is 18.8. The zero-order chi connectivity index (χ0) is 17.6. The van der Waals surface area contributed by atoms with Gasteiger partial charge in [-0.3, -0.25) is 4.99 Å². The summed E-state index contributed by atoms with van der Waals surface area (Å²) in [6.45, 7) is 6.38. The number of anilines is 1. The summed E-state index contributed by atoms with van der Waals surface area (Å²) in [5.74, 6) is 1.27. The summed E-state index contributed by atoms with van der Waals surface area (Å²) in [5.41, 5.74) is 3.37. The molecule has 128 valence electrons. The Kier molecular flexibility index (Phi) is 5.65. The van der Waals surface area contributed by atoms with Crippen LogP contribution in [0.3, 0.4) is 0 Å². The molecule has 2 radical (unpaired) electrons. The number of fused-ring (bicyclic) bond motifs is 1. The lowest BCUT2D eigenvalue weighted by Gasteiger charge is -2.23. The van der Waals surface area contributed by atoms with E-state index in [1.807, 2.05) is 12.3 Å². The standard InChI is InChI=1S/C18H23BN6/c1-3-5-13(9-20-2)10-22-17-8-16(14-6-4-7-21-11-14)24-18-15(19)12-23-25(17)18/h3,5,8-9,12,14,21-22H,1,4,6-7,10-11H2,2H3/b13-5+,20-9?. The minimum Gasteiger partial charge on any atom is -0.366 e. The van der Waals surface area contributed by atoms with Crippen LogP contribution in [0.15, 0.2) is 41.6 Å². The zero-order valence-electron chi connectivity index (χ0n) is 14.6. The van der Waals surface area contributed by atoms with Crippen molar-refractivity contribution in [2.24, 2.45) is 4.99 Å². The van der Waals surface area contributed by atoms with Crippen LogP contribution >= 0.6 is 0 Å². The van der Waals surface area contributed by atoms with Crippen molar-refractivity contribution in [3.05, 3.63) is 42.3 Å². The molecule has 0 aromatic carbocycles. The van der Waals surface area contributed by atoms with Crippen molar-refractivity contribution >= 4 is 31.0 Å². The quantitative estimate of drug-likeness (QED) is 0.474. The Morgan fingerprint density at radius 2 is 2.48 bits per heavy atom. The fourth-order valence-electron chi connectivity index (χ4n) is 3.10. The van der Waals surface area contributed by atoms with Crippen molar-refractivity contribution in [1.82, 2.24) is 19.9 Å². The number of piperidine rings is 1. The highest BCUT2D eigenvalue weighted by Gasteiger charge is 2.19. The van der Waals surface area contributed by atoms with Gasteiger partial charge in [0.2, 0.25) is 0 Å². The third-order valence-electron chi connectivity index (χ3n) is 4.33. The molecule has 1 aliphatic rings. The molecule has 1 aliphatic heterocycles. The van der Waals surface area contributed by atoms with Gasteiger partial charge in [-0.15, -0.1) is 0 Å². The van der Waals surface area contributed by atoms with Gasteiger partial charge in [-0.1, -0.05) is 18.7 Å². The summed E-state index contributed by atoms with van der Waals surface area (Å²) in [7, 11) is 7.81. The van der Waals surface area contributed by atoms with Crippen LogP contribution in [0.1, 0.15) is 24.5 Å². The van der Waals surface area contributed by atoms with E-state index in [0.29, 0.717) is 23.6 Å². The van der Waals surface area contributed by atoms with Gasteiger partial charge >= 0.3 is 0 Å². The molecule has 2 aromatic rings. The Hall–Kier alpha value is -2.41. The molecule has 7 heteroatoms. The number of rotatable bonds is 6. The molecule has 25 heavy (non-hydrogen) atoms. The Morgan fingerprint density at radius 1 is 1.60 bits per heavy atom. The molecule has 1 unspecified atom stereocenters. The van der Waals surface area contributed by atoms with E-state index in [1.165, 1.54) is 0 Å². The predicted octanol–water partition coefficient (Wildman–Crippen LogP) is 1.21. The lowest BCUT2D eigenvalue weighted by Crippen LogP contribution is -2.29. The molecule has 1 saturated heterocycles. The van der Waals surface area contributed by atoms with E-state index >= 15 is 0 Å². The first-order valence-corrected chi connectivity index (χ1v) is 8.55. The van der Waals surface area contributed by atoms with E-state index in [0.717, 1.165) is 43.0 Å². The van der Waals surface area contributed by atoms with Crippen LogP contribution in [0, 0.1) is 0 Å². The maximum Gasteiger partial charge on any atom is 0.150 e. The molecule has 0 saturated carbocycles. The van der Waals surface area contributed by atoms with Gasteiger partial charge in [0, 0.05) is 44.5 Å². The highest BCUT2D eigenvalue weighted by atomic mass is 15.3. The largest absolute Gasteiger partial charge is 0.366 e. The van der Waals surface area contributed by atoms with Crippen LogP contribution in [0.4, 0.5) is 5.82 Å². The van der Waals surface area contributed by atoms with Crippen molar-refractivity contribution < 1.29 is 0 Å². The number of aromatic nitrogens is 3. The minimum atomic E-state index is 0.397. The summed E-state index contributed by atoms with van der Waals surface area (Å²) in [6.07, 6.45) is 9.44. The van der Waals surface area contributed by atoms with E-state index in [4.69, 9.17) is 12.8 Å². The molecule has 2 N–H and O–H groups in total. The summed E-state index contributed by atoms with van der Waals surface area (Å²) in [4.78, 5) is 8.84. The lowest BCUT2D eigenvalue weighted by atomic mass is 9.95. The second-order valence-corrected chi connectivity index (χ2v) is 6.16. The maximum atomic E-state index is 6.06. The molecule has 0 amide bonds. The summed E-state index contributed by atoms with van der Waals surface area (Å²) >= 11 is 0. The first-order chi connectivity index (χ1) is 12.2. The van der Waals surface area contributed by atoms with Crippen LogP contribution in [-0.2, 0) is 0 Å². The maximum absolute atomic E-state index is 6.06. The number of nitrogens with zero attached hydrogens (tertiary/aromatic N) is 4. The number of allylic oxidation sites excluding steroid dienone is 2. The minimum absolute atomic E-state index is 0.397. The average molecular weight is 334 g/mol. The molecular weight excluding hydrogens is 311 g/mol. The van der Waals surface area contributed by atoms with Crippen molar-refractivity contribution in [3.8, 4) is 0 Å². The van der Waals surface area contributed by atoms with Crippen LogP contribution in [-0.4, -0.2) is 55.3 Å². The topological polar surface area (TPSA) is 66.6 Å². The molecule has 3 heterocycles. The molecule has 2 aromatic heterocycles. The first-order valence-electron chi connectivity index (χ1n) is 8.55. The van der Waals surface area contributed by atoms with Gasteiger partial charge in [-0.05, 0) is 30.4 Å². The van der Waals surface area contributed by atoms with Gasteiger partial charge < -0.3 is 10.6 Å². The number of hydrogen-bond acceptors (Lipinski definition) is 5. The van der Waals surface area contributed by atoms with Gasteiger partial charge in [-0.25, -0.2) is 4.98 Å². The Morgan fingerprint density at radius 3 is 3.20 bits per heavy atom. The summed E-state index contributed by atoms with van der Waals surface area (Å²) in [6, 6.07) is 2.08. The smallest absolute Gasteiger partial charge is 0.150 e. The summed E-state index contributed by atoms with van der Waals surface area (Å²) < 4.78 is 1.75. The average Bonchev–Trinajstić information content (AvgIpc) is 3.02. The van der Waals surface area contributed by atoms with Gasteiger partial charge in [0.15, 0.2) is 5.65 Å². The summed E-state index contributed by atoms with van der Waals surface area (Å²) in [5, 5.41) is 11.2. The van der Waals surface area contributed by atoms with E-state index < -0.39 is 0 Å².